The van der Waals surface area contributed by atoms with Gasteiger partial charge in [-0.3, -0.25) is 14.3 Å². The summed E-state index contributed by atoms with van der Waals surface area (Å²) < 4.78 is 40.7. The van der Waals surface area contributed by atoms with Gasteiger partial charge in [-0.1, -0.05) is 13.0 Å². The van der Waals surface area contributed by atoms with Crippen molar-refractivity contribution < 1.29 is 27.5 Å². The highest BCUT2D eigenvalue weighted by Gasteiger charge is 2.28. The van der Waals surface area contributed by atoms with Crippen LogP contribution >= 0.6 is 0 Å². The summed E-state index contributed by atoms with van der Waals surface area (Å²) in [4.78, 5) is 24.6. The van der Waals surface area contributed by atoms with E-state index in [4.69, 9.17) is 9.47 Å². The third kappa shape index (κ3) is 4.34. The molecule has 1 aliphatic rings. The number of hydrogen-bond donors (Lipinski definition) is 2. The highest BCUT2D eigenvalue weighted by atomic mass is 32.2. The molecule has 0 spiro atoms. The van der Waals surface area contributed by atoms with E-state index in [-0.39, 0.29) is 41.1 Å². The zero-order chi connectivity index (χ0) is 24.5. The van der Waals surface area contributed by atoms with Gasteiger partial charge >= 0.3 is 0 Å². The zero-order valence-corrected chi connectivity index (χ0v) is 19.7. The van der Waals surface area contributed by atoms with Crippen molar-refractivity contribution in [2.75, 3.05) is 24.3 Å². The van der Waals surface area contributed by atoms with E-state index in [2.05, 4.69) is 15.1 Å². The molecule has 34 heavy (non-hydrogen) atoms. The van der Waals surface area contributed by atoms with Gasteiger partial charge in [0.25, 0.3) is 10.0 Å². The predicted molar refractivity (Wildman–Crippen MR) is 126 cm³/mol. The van der Waals surface area contributed by atoms with Crippen LogP contribution in [0.15, 0.2) is 47.4 Å². The van der Waals surface area contributed by atoms with Gasteiger partial charge in [-0.2, -0.15) is 9.78 Å². The van der Waals surface area contributed by atoms with Crippen molar-refractivity contribution in [3.63, 3.8) is 0 Å². The number of nitrogens with zero attached hydrogens (tertiary/aromatic N) is 2. The summed E-state index contributed by atoms with van der Waals surface area (Å²) in [5.74, 6) is 0.352. The number of carbonyl (C=O) groups excluding carboxylic acids is 2. The first-order valence-electron chi connectivity index (χ1n) is 10.6. The van der Waals surface area contributed by atoms with Gasteiger partial charge in [-0.05, 0) is 48.4 Å². The van der Waals surface area contributed by atoms with Crippen LogP contribution in [0, 0.1) is 0 Å². The van der Waals surface area contributed by atoms with E-state index >= 15 is 0 Å². The Morgan fingerprint density at radius 3 is 2.44 bits per heavy atom. The third-order valence-electron chi connectivity index (χ3n) is 5.44. The fraction of sp³-hybridized carbons (Fsp3) is 0.261. The molecular weight excluding hydrogens is 460 g/mol. The Labute approximate surface area is 196 Å². The monoisotopic (exact) mass is 484 g/mol. The molecule has 0 fully saturated rings. The van der Waals surface area contributed by atoms with Gasteiger partial charge in [0.1, 0.15) is 22.2 Å². The zero-order valence-electron chi connectivity index (χ0n) is 18.9. The molecule has 0 aliphatic carbocycles. The number of aryl methyl sites for hydroxylation is 1. The molecule has 1 amide bonds. The Morgan fingerprint density at radius 2 is 1.79 bits per heavy atom. The van der Waals surface area contributed by atoms with E-state index in [1.165, 1.54) is 31.0 Å². The molecule has 11 heteroatoms. The first-order chi connectivity index (χ1) is 16.3. The lowest BCUT2D eigenvalue weighted by atomic mass is 10.0. The van der Waals surface area contributed by atoms with E-state index in [0.717, 1.165) is 0 Å². The molecule has 0 radical (unpaired) electrons. The number of rotatable bonds is 7. The second kappa shape index (κ2) is 9.18. The van der Waals surface area contributed by atoms with Crippen LogP contribution in [0.25, 0.3) is 11.1 Å². The quantitative estimate of drug-likeness (QED) is 0.526. The molecule has 10 nitrogen and oxygen atoms in total. The molecule has 0 atom stereocenters. The van der Waals surface area contributed by atoms with Crippen LogP contribution < -0.4 is 19.5 Å². The van der Waals surface area contributed by atoms with Gasteiger partial charge in [0.05, 0.1) is 19.9 Å². The number of fused-ring (bicyclic) bond motifs is 1. The summed E-state index contributed by atoms with van der Waals surface area (Å²) in [5.41, 5.74) is 1.88. The molecule has 0 saturated heterocycles. The molecule has 2 aromatic carbocycles. The number of sulfonamides is 1. The number of carbonyl (C=O) groups is 2. The van der Waals surface area contributed by atoms with Crippen LogP contribution in [0.3, 0.4) is 0 Å². The second-order valence-electron chi connectivity index (χ2n) is 7.58. The maximum atomic E-state index is 13.3. The molecular formula is C23H24N4O6S. The van der Waals surface area contributed by atoms with Crippen LogP contribution in [0.2, 0.25) is 0 Å². The molecule has 3 aromatic rings. The van der Waals surface area contributed by atoms with Crippen LogP contribution in [0.4, 0.5) is 11.5 Å². The highest BCUT2D eigenvalue weighted by Crippen LogP contribution is 2.37. The van der Waals surface area contributed by atoms with Gasteiger partial charge in [-0.15, -0.1) is 0 Å². The Hall–Kier alpha value is -3.86. The standard InChI is InChI=1S/C23H24N4O6S/c1-4-17-22(23-24-20(28)11-12-21(29)27(23)25-17)14-5-10-18(33-3)19(13-14)34(30,31)26-15-6-8-16(32-2)9-7-15/h5-10,13,26H,4,11-12H2,1-3H3,(H,24,28). The van der Waals surface area contributed by atoms with Crippen molar-refractivity contribution >= 4 is 33.3 Å². The topological polar surface area (TPSA) is 129 Å². The number of aromatic nitrogens is 2. The highest BCUT2D eigenvalue weighted by molar-refractivity contribution is 7.92. The van der Waals surface area contributed by atoms with Gasteiger partial charge < -0.3 is 14.8 Å². The lowest BCUT2D eigenvalue weighted by molar-refractivity contribution is -0.116. The van der Waals surface area contributed by atoms with Crippen LogP contribution in [-0.4, -0.2) is 44.2 Å². The third-order valence-corrected chi connectivity index (χ3v) is 6.84. The molecule has 178 valence electrons. The van der Waals surface area contributed by atoms with E-state index in [0.29, 0.717) is 34.7 Å². The predicted octanol–water partition coefficient (Wildman–Crippen LogP) is 3.30. The smallest absolute Gasteiger partial charge is 0.265 e. The van der Waals surface area contributed by atoms with Crippen molar-refractivity contribution in [1.82, 2.24) is 9.78 Å². The summed E-state index contributed by atoms with van der Waals surface area (Å²) in [6.45, 7) is 1.87. The van der Waals surface area contributed by atoms with Crippen LogP contribution in [0.5, 0.6) is 11.5 Å². The normalized spacial score (nSPS) is 13.6. The molecule has 0 saturated carbocycles. The molecule has 1 aromatic heterocycles. The Kier molecular flexibility index (Phi) is 6.29. The molecule has 0 unspecified atom stereocenters. The number of amides is 1. The first-order valence-corrected chi connectivity index (χ1v) is 12.1. The second-order valence-corrected chi connectivity index (χ2v) is 9.23. The fourth-order valence-corrected chi connectivity index (χ4v) is 5.00. The fourth-order valence-electron chi connectivity index (χ4n) is 3.74. The van der Waals surface area contributed by atoms with Crippen molar-refractivity contribution in [2.45, 2.75) is 31.1 Å². The minimum absolute atomic E-state index is 0.0388. The largest absolute Gasteiger partial charge is 0.497 e. The Balaban J connectivity index is 1.82. The summed E-state index contributed by atoms with van der Waals surface area (Å²) in [7, 11) is -1.16. The Morgan fingerprint density at radius 1 is 1.06 bits per heavy atom. The Bertz CT molecular complexity index is 1360. The number of nitrogens with one attached hydrogen (secondary N) is 2. The van der Waals surface area contributed by atoms with Crippen molar-refractivity contribution in [3.05, 3.63) is 48.2 Å². The number of anilines is 2. The minimum Gasteiger partial charge on any atom is -0.497 e. The van der Waals surface area contributed by atoms with E-state index in [9.17, 15) is 18.0 Å². The van der Waals surface area contributed by atoms with Crippen LogP contribution in [0.1, 0.15) is 30.3 Å². The SMILES string of the molecule is CCc1nn2c(c1-c1ccc(OC)c(S(=O)(=O)Nc3ccc(OC)cc3)c1)NC(=O)CCC2=O. The maximum absolute atomic E-state index is 13.3. The summed E-state index contributed by atoms with van der Waals surface area (Å²) >= 11 is 0. The van der Waals surface area contributed by atoms with Gasteiger partial charge in [0, 0.05) is 24.1 Å². The molecule has 4 rings (SSSR count). The summed E-state index contributed by atoms with van der Waals surface area (Å²) in [5, 5.41) is 7.13. The van der Waals surface area contributed by atoms with Crippen molar-refractivity contribution in [2.24, 2.45) is 0 Å². The molecule has 2 N–H and O–H groups in total. The summed E-state index contributed by atoms with van der Waals surface area (Å²) in [6.07, 6.45) is 0.560. The van der Waals surface area contributed by atoms with Gasteiger partial charge in [0.2, 0.25) is 11.8 Å². The average molecular weight is 485 g/mol. The number of hydrogen-bond acceptors (Lipinski definition) is 7. The first kappa shape index (κ1) is 23.3. The minimum atomic E-state index is -4.06. The number of benzene rings is 2. The lowest BCUT2D eigenvalue weighted by Gasteiger charge is -2.14. The number of methoxy groups -OCH3 is 2. The molecule has 0 bridgehead atoms. The number of ether oxygens (including phenoxy) is 2. The van der Waals surface area contributed by atoms with E-state index in [1.54, 1.807) is 30.3 Å². The van der Waals surface area contributed by atoms with E-state index in [1.807, 2.05) is 6.92 Å². The van der Waals surface area contributed by atoms with Gasteiger partial charge in [-0.25, -0.2) is 8.42 Å². The van der Waals surface area contributed by atoms with E-state index < -0.39 is 10.0 Å². The van der Waals surface area contributed by atoms with Crippen LogP contribution in [-0.2, 0) is 21.2 Å². The van der Waals surface area contributed by atoms with Crippen molar-refractivity contribution in [1.29, 1.82) is 0 Å². The van der Waals surface area contributed by atoms with Gasteiger partial charge in [0.15, 0.2) is 0 Å². The van der Waals surface area contributed by atoms with Crippen molar-refractivity contribution in [3.8, 4) is 22.6 Å². The molecule has 1 aliphatic heterocycles. The molecule has 2 heterocycles. The maximum Gasteiger partial charge on any atom is 0.265 e. The lowest BCUT2D eigenvalue weighted by Crippen LogP contribution is -2.14. The summed E-state index contributed by atoms with van der Waals surface area (Å²) in [6, 6.07) is 11.1. The average Bonchev–Trinajstić information content (AvgIpc) is 3.13.